The Hall–Kier alpha value is -3.20. The first-order valence-electron chi connectivity index (χ1n) is 8.68. The Balaban J connectivity index is 0.000000523. The van der Waals surface area contributed by atoms with Crippen LogP contribution < -0.4 is 31.0 Å². The molecule has 2 aliphatic rings. The third-order valence-electron chi connectivity index (χ3n) is 4.01. The minimum absolute atomic E-state index is 0.335. The molecule has 0 bridgehead atoms. The molecule has 32 heavy (non-hydrogen) atoms. The third-order valence-corrected chi connectivity index (χ3v) is 6.69. The lowest BCUT2D eigenvalue weighted by Gasteiger charge is -2.13. The van der Waals surface area contributed by atoms with Crippen molar-refractivity contribution < 1.29 is 57.9 Å². The van der Waals surface area contributed by atoms with Crippen LogP contribution in [0.4, 0.5) is 11.4 Å². The third kappa shape index (κ3) is 5.94. The van der Waals surface area contributed by atoms with Gasteiger partial charge in [0.2, 0.25) is 10.4 Å². The summed E-state index contributed by atoms with van der Waals surface area (Å²) in [6.45, 7) is 0. The minimum atomic E-state index is -4.92. The van der Waals surface area contributed by atoms with Crippen molar-refractivity contribution in [3.63, 3.8) is 0 Å². The van der Waals surface area contributed by atoms with Gasteiger partial charge in [0.15, 0.2) is 7.14 Å². The number of hydrogen-bond donors (Lipinski definition) is 1. The van der Waals surface area contributed by atoms with Crippen molar-refractivity contribution in [2.45, 2.75) is 0 Å². The summed E-state index contributed by atoms with van der Waals surface area (Å²) in [5.41, 5.74) is 1.10. The normalized spacial score (nSPS) is 15.4. The van der Waals surface area contributed by atoms with E-state index in [-0.39, 0.29) is 23.6 Å². The van der Waals surface area contributed by atoms with Gasteiger partial charge in [0.25, 0.3) is 23.6 Å². The van der Waals surface area contributed by atoms with Crippen molar-refractivity contribution in [2.75, 3.05) is 9.80 Å². The Labute approximate surface area is 192 Å². The molecule has 0 unspecified atom stereocenters. The van der Waals surface area contributed by atoms with E-state index in [0.29, 0.717) is 11.4 Å². The van der Waals surface area contributed by atoms with Gasteiger partial charge in [0.1, 0.15) is 0 Å². The smallest absolute Gasteiger partial charge is 0.357 e. The lowest BCUT2D eigenvalue weighted by atomic mass is 10.3. The maximum Gasteiger partial charge on any atom is 0.357 e. The standard InChI is InChI=1S/C20H12IN2O4.H2O4S/c24-17-9-10-18(25)22(17)15-5-1-13(2-6-15)21-14-3-7-16(8-4-14)23-19(26)11-12-20(23)27;1-5(2,3)4/h1-12H;(H2,1,2,3,4)/q+1;/p-1. The van der Waals surface area contributed by atoms with Crippen molar-refractivity contribution in [1.82, 2.24) is 0 Å². The number of carbonyl (C=O) groups is 4. The fourth-order valence-electron chi connectivity index (χ4n) is 2.74. The van der Waals surface area contributed by atoms with Crippen LogP contribution >= 0.6 is 0 Å². The van der Waals surface area contributed by atoms with E-state index in [4.69, 9.17) is 17.5 Å². The number of amides is 4. The zero-order valence-corrected chi connectivity index (χ0v) is 18.9. The molecule has 2 aromatic rings. The average Bonchev–Trinajstić information content (AvgIpc) is 3.23. The summed E-state index contributed by atoms with van der Waals surface area (Å²) in [4.78, 5) is 49.1. The second-order valence-electron chi connectivity index (χ2n) is 6.17. The van der Waals surface area contributed by atoms with Crippen LogP contribution in [-0.4, -0.2) is 41.2 Å². The summed E-state index contributed by atoms with van der Waals surface area (Å²) in [7, 11) is -4.92. The molecule has 4 rings (SSSR count). The van der Waals surface area contributed by atoms with E-state index in [0.717, 1.165) is 16.9 Å². The molecular weight excluding hydrogens is 555 g/mol. The van der Waals surface area contributed by atoms with Crippen molar-refractivity contribution in [1.29, 1.82) is 0 Å². The van der Waals surface area contributed by atoms with Gasteiger partial charge in [-0.2, -0.15) is 0 Å². The Morgan fingerprint density at radius 1 is 0.625 bits per heavy atom. The van der Waals surface area contributed by atoms with Crippen LogP contribution in [0.25, 0.3) is 0 Å². The lowest BCUT2D eigenvalue weighted by molar-refractivity contribution is -0.597. The maximum absolute atomic E-state index is 11.7. The van der Waals surface area contributed by atoms with Crippen LogP contribution in [0.3, 0.4) is 0 Å². The molecule has 12 heteroatoms. The molecular formula is C20H13IN2O8S. The van der Waals surface area contributed by atoms with Crippen molar-refractivity contribution in [2.24, 2.45) is 0 Å². The summed E-state index contributed by atoms with van der Waals surface area (Å²) in [5, 5.41) is 0. The molecule has 0 saturated heterocycles. The first-order chi connectivity index (χ1) is 15.0. The number of hydrogen-bond acceptors (Lipinski definition) is 7. The van der Waals surface area contributed by atoms with E-state index >= 15 is 0 Å². The average molecular weight is 568 g/mol. The molecule has 4 amide bonds. The highest BCUT2D eigenvalue weighted by molar-refractivity contribution is 7.79. The van der Waals surface area contributed by atoms with Crippen LogP contribution in [0.5, 0.6) is 0 Å². The van der Waals surface area contributed by atoms with Gasteiger partial charge < -0.3 is 4.55 Å². The number of nitrogens with zero attached hydrogens (tertiary/aromatic N) is 2. The van der Waals surface area contributed by atoms with Gasteiger partial charge in [-0.3, -0.25) is 23.7 Å². The molecule has 0 fully saturated rings. The minimum Gasteiger partial charge on any atom is -0.726 e. The zero-order chi connectivity index (χ0) is 23.5. The second-order valence-corrected chi connectivity index (χ2v) is 10.1. The Kier molecular flexibility index (Phi) is 6.98. The SMILES string of the molecule is O=C1C=CC(=O)N1c1ccc([I+]c2ccc(N3C(=O)C=CC3=O)cc2)cc1.O=S(=O)([O-])O. The summed E-state index contributed by atoms with van der Waals surface area (Å²) in [5.74, 6) is -1.34. The molecule has 0 aliphatic carbocycles. The number of benzene rings is 2. The van der Waals surface area contributed by atoms with Crippen LogP contribution in [0.15, 0.2) is 72.8 Å². The van der Waals surface area contributed by atoms with Gasteiger partial charge in [-0.15, -0.1) is 0 Å². The Bertz CT molecular complexity index is 1120. The molecule has 0 spiro atoms. The van der Waals surface area contributed by atoms with E-state index in [1.807, 2.05) is 24.3 Å². The van der Waals surface area contributed by atoms with Crippen LogP contribution in [0.2, 0.25) is 0 Å². The number of anilines is 2. The van der Waals surface area contributed by atoms with Crippen molar-refractivity contribution in [3.8, 4) is 0 Å². The zero-order valence-electron chi connectivity index (χ0n) is 15.9. The van der Waals surface area contributed by atoms with Crippen LogP contribution in [-0.2, 0) is 29.6 Å². The van der Waals surface area contributed by atoms with E-state index < -0.39 is 31.6 Å². The summed E-state index contributed by atoms with van der Waals surface area (Å²) in [6, 6.07) is 14.7. The van der Waals surface area contributed by atoms with Crippen LogP contribution in [0, 0.1) is 7.14 Å². The van der Waals surface area contributed by atoms with E-state index in [9.17, 15) is 19.2 Å². The molecule has 0 radical (unpaired) electrons. The predicted molar refractivity (Wildman–Crippen MR) is 106 cm³/mol. The van der Waals surface area contributed by atoms with Gasteiger partial charge in [-0.05, 0) is 48.5 Å². The molecule has 164 valence electrons. The Morgan fingerprint density at radius 2 is 0.875 bits per heavy atom. The number of halogens is 1. The van der Waals surface area contributed by atoms with E-state index in [1.165, 1.54) is 24.3 Å². The summed E-state index contributed by atoms with van der Waals surface area (Å²) in [6.07, 6.45) is 5.04. The molecule has 0 saturated carbocycles. The largest absolute Gasteiger partial charge is 0.726 e. The van der Waals surface area contributed by atoms with Gasteiger partial charge >= 0.3 is 21.2 Å². The topological polar surface area (TPSA) is 152 Å². The fraction of sp³-hybridized carbons (Fsp3) is 0. The number of carbonyl (C=O) groups excluding carboxylic acids is 4. The molecule has 1 N–H and O–H groups in total. The first-order valence-corrected chi connectivity index (χ1v) is 12.2. The molecule has 2 heterocycles. The molecule has 10 nitrogen and oxygen atoms in total. The van der Waals surface area contributed by atoms with Gasteiger partial charge in [0, 0.05) is 24.3 Å². The van der Waals surface area contributed by atoms with E-state index in [1.54, 1.807) is 24.3 Å². The number of imide groups is 2. The van der Waals surface area contributed by atoms with Crippen LogP contribution in [0.1, 0.15) is 0 Å². The highest BCUT2D eigenvalue weighted by atomic mass is 127. The highest BCUT2D eigenvalue weighted by Crippen LogP contribution is 2.19. The van der Waals surface area contributed by atoms with Gasteiger partial charge in [-0.1, -0.05) is 0 Å². The maximum atomic E-state index is 11.7. The monoisotopic (exact) mass is 568 g/mol. The van der Waals surface area contributed by atoms with Crippen molar-refractivity contribution in [3.05, 3.63) is 80.0 Å². The lowest BCUT2D eigenvalue weighted by Crippen LogP contribution is -3.61. The second kappa shape index (κ2) is 9.52. The summed E-state index contributed by atoms with van der Waals surface area (Å²) < 4.78 is 35.1. The molecule has 2 aliphatic heterocycles. The molecule has 0 aromatic heterocycles. The molecule has 0 atom stereocenters. The Morgan fingerprint density at radius 3 is 1.12 bits per heavy atom. The van der Waals surface area contributed by atoms with Crippen molar-refractivity contribution >= 4 is 45.4 Å². The quantitative estimate of drug-likeness (QED) is 0.187. The predicted octanol–water partition coefficient (Wildman–Crippen LogP) is -2.32. The first kappa shape index (κ1) is 23.5. The fourth-order valence-corrected chi connectivity index (χ4v) is 4.90. The summed E-state index contributed by atoms with van der Waals surface area (Å²) >= 11 is -0.476. The van der Waals surface area contributed by atoms with E-state index in [2.05, 4.69) is 0 Å². The number of rotatable bonds is 4. The van der Waals surface area contributed by atoms with Gasteiger partial charge in [-0.25, -0.2) is 18.2 Å². The highest BCUT2D eigenvalue weighted by Gasteiger charge is 2.27. The van der Waals surface area contributed by atoms with Gasteiger partial charge in [0.05, 0.1) is 11.4 Å². The molecule has 2 aromatic carbocycles.